The molecule has 1 heterocycles. The number of carbonyl (C=O) groups is 1. The third-order valence-electron chi connectivity index (χ3n) is 3.74. The fraction of sp³-hybridized carbons (Fsp3) is 0.438. The quantitative estimate of drug-likeness (QED) is 0.699. The largest absolute Gasteiger partial charge is 0.345 e. The van der Waals surface area contributed by atoms with Gasteiger partial charge in [-0.15, -0.1) is 12.3 Å². The zero-order chi connectivity index (χ0) is 18.7. The third kappa shape index (κ3) is 4.78. The van der Waals surface area contributed by atoms with Gasteiger partial charge in [0.1, 0.15) is 4.90 Å². The zero-order valence-electron chi connectivity index (χ0n) is 14.0. The molecule has 0 unspecified atom stereocenters. The van der Waals surface area contributed by atoms with Crippen LogP contribution in [0, 0.1) is 12.3 Å². The highest BCUT2D eigenvalue weighted by Crippen LogP contribution is 2.36. The van der Waals surface area contributed by atoms with Crippen molar-refractivity contribution in [3.8, 4) is 12.3 Å². The lowest BCUT2D eigenvalue weighted by molar-refractivity contribution is 0.0827. The molecule has 25 heavy (non-hydrogen) atoms. The number of hydrogen-bond acceptors (Lipinski definition) is 5. The van der Waals surface area contributed by atoms with Crippen molar-refractivity contribution in [2.75, 3.05) is 20.6 Å². The highest BCUT2D eigenvalue weighted by atomic mass is 35.5. The summed E-state index contributed by atoms with van der Waals surface area (Å²) in [5.74, 6) is 2.21. The number of carbonyl (C=O) groups excluding carboxylic acids is 1. The van der Waals surface area contributed by atoms with E-state index < -0.39 is 15.7 Å². The van der Waals surface area contributed by atoms with Crippen LogP contribution in [-0.2, 0) is 10.0 Å². The average molecular weight is 383 g/mol. The Hall–Kier alpha value is -1.95. The van der Waals surface area contributed by atoms with Gasteiger partial charge in [0.15, 0.2) is 5.66 Å². The first-order valence-corrected chi connectivity index (χ1v) is 9.45. The number of sulfonamides is 1. The normalized spacial score (nSPS) is 14.8. The molecule has 1 aliphatic heterocycles. The molecular weight excluding hydrogens is 364 g/mol. The highest BCUT2D eigenvalue weighted by Gasteiger charge is 2.39. The standard InChI is InChI=1S/C16H19ClN4O3S/c1-4-5-8-16(19-20-16)9-10-18-25(23,24)14-11-12(6-7-13(14)17)15(22)21(2)3/h1,6-7,11,18H,5,8-10H2,2-3H3. The van der Waals surface area contributed by atoms with E-state index in [4.69, 9.17) is 18.0 Å². The second-order valence-electron chi connectivity index (χ2n) is 5.88. The number of terminal acetylenes is 1. The minimum atomic E-state index is -3.86. The summed E-state index contributed by atoms with van der Waals surface area (Å²) < 4.78 is 27.5. The topological polar surface area (TPSA) is 91.2 Å². The van der Waals surface area contributed by atoms with Gasteiger partial charge in [0.05, 0.1) is 5.02 Å². The predicted molar refractivity (Wildman–Crippen MR) is 94.9 cm³/mol. The van der Waals surface area contributed by atoms with E-state index in [1.165, 1.54) is 23.1 Å². The van der Waals surface area contributed by atoms with Crippen molar-refractivity contribution in [3.63, 3.8) is 0 Å². The SMILES string of the molecule is C#CCCC1(CCNS(=O)(=O)c2cc(C(=O)N(C)C)ccc2Cl)N=N1. The van der Waals surface area contributed by atoms with Gasteiger partial charge in [-0.2, -0.15) is 10.2 Å². The molecule has 1 N–H and O–H groups in total. The minimum absolute atomic E-state index is 0.0469. The van der Waals surface area contributed by atoms with E-state index in [0.717, 1.165) is 0 Å². The van der Waals surface area contributed by atoms with Crippen LogP contribution >= 0.6 is 11.6 Å². The molecule has 9 heteroatoms. The van der Waals surface area contributed by atoms with Crippen molar-refractivity contribution in [2.24, 2.45) is 10.2 Å². The van der Waals surface area contributed by atoms with Crippen molar-refractivity contribution < 1.29 is 13.2 Å². The monoisotopic (exact) mass is 382 g/mol. The Kier molecular flexibility index (Phi) is 5.83. The molecule has 0 fully saturated rings. The molecule has 0 atom stereocenters. The van der Waals surface area contributed by atoms with Crippen LogP contribution in [-0.4, -0.2) is 45.5 Å². The molecule has 0 aliphatic carbocycles. The van der Waals surface area contributed by atoms with Gasteiger partial charge in [-0.25, -0.2) is 13.1 Å². The third-order valence-corrected chi connectivity index (χ3v) is 5.69. The van der Waals surface area contributed by atoms with Gasteiger partial charge in [-0.05, 0) is 18.2 Å². The Balaban J connectivity index is 2.08. The first-order valence-electron chi connectivity index (χ1n) is 7.59. The van der Waals surface area contributed by atoms with E-state index in [9.17, 15) is 13.2 Å². The second-order valence-corrected chi connectivity index (χ2v) is 8.02. The van der Waals surface area contributed by atoms with E-state index in [1.807, 2.05) is 0 Å². The van der Waals surface area contributed by atoms with Gasteiger partial charge in [0.25, 0.3) is 5.91 Å². The van der Waals surface area contributed by atoms with Gasteiger partial charge in [0.2, 0.25) is 10.0 Å². The van der Waals surface area contributed by atoms with Crippen LogP contribution in [0.2, 0.25) is 5.02 Å². The number of amides is 1. The molecule has 0 spiro atoms. The van der Waals surface area contributed by atoms with E-state index in [1.54, 1.807) is 14.1 Å². The van der Waals surface area contributed by atoms with Crippen LogP contribution in [0.1, 0.15) is 29.6 Å². The summed E-state index contributed by atoms with van der Waals surface area (Å²) in [7, 11) is -0.694. The molecule has 1 aromatic rings. The minimum Gasteiger partial charge on any atom is -0.345 e. The number of benzene rings is 1. The summed E-state index contributed by atoms with van der Waals surface area (Å²) in [5.41, 5.74) is -0.325. The molecule has 1 aromatic carbocycles. The number of hydrogen-bond donors (Lipinski definition) is 1. The van der Waals surface area contributed by atoms with Crippen LogP contribution < -0.4 is 4.72 Å². The summed E-state index contributed by atoms with van der Waals surface area (Å²) >= 11 is 6.01. The summed E-state index contributed by atoms with van der Waals surface area (Å²) in [5, 5.41) is 7.96. The van der Waals surface area contributed by atoms with E-state index in [0.29, 0.717) is 19.3 Å². The Labute approximate surface area is 152 Å². The van der Waals surface area contributed by atoms with E-state index in [-0.39, 0.29) is 27.9 Å². The summed E-state index contributed by atoms with van der Waals surface area (Å²) in [6.45, 7) is 0.141. The Morgan fingerprint density at radius 1 is 1.36 bits per heavy atom. The van der Waals surface area contributed by atoms with Crippen molar-refractivity contribution in [1.82, 2.24) is 9.62 Å². The number of rotatable bonds is 8. The molecule has 0 bridgehead atoms. The van der Waals surface area contributed by atoms with Crippen LogP contribution in [0.3, 0.4) is 0 Å². The van der Waals surface area contributed by atoms with Gasteiger partial charge in [0, 0.05) is 45.5 Å². The first kappa shape index (κ1) is 19.4. The molecular formula is C16H19ClN4O3S. The molecule has 1 aliphatic rings. The number of nitrogens with one attached hydrogen (secondary N) is 1. The molecule has 134 valence electrons. The maximum absolute atomic E-state index is 12.5. The Morgan fingerprint density at radius 2 is 2.04 bits per heavy atom. The lowest BCUT2D eigenvalue weighted by Crippen LogP contribution is -2.29. The zero-order valence-corrected chi connectivity index (χ0v) is 15.6. The second kappa shape index (κ2) is 7.52. The van der Waals surface area contributed by atoms with Crippen molar-refractivity contribution in [3.05, 3.63) is 28.8 Å². The maximum Gasteiger partial charge on any atom is 0.253 e. The van der Waals surface area contributed by atoms with Crippen molar-refractivity contribution >= 4 is 27.5 Å². The molecule has 7 nitrogen and oxygen atoms in total. The summed E-state index contributed by atoms with van der Waals surface area (Å²) in [4.78, 5) is 13.2. The average Bonchev–Trinajstić information content (AvgIpc) is 3.32. The summed E-state index contributed by atoms with van der Waals surface area (Å²) in [6, 6.07) is 4.15. The van der Waals surface area contributed by atoms with E-state index >= 15 is 0 Å². The predicted octanol–water partition coefficient (Wildman–Crippen LogP) is 2.29. The van der Waals surface area contributed by atoms with Crippen LogP contribution in [0.5, 0.6) is 0 Å². The number of halogens is 1. The van der Waals surface area contributed by atoms with Gasteiger partial charge in [-0.1, -0.05) is 11.6 Å². The van der Waals surface area contributed by atoms with Gasteiger partial charge >= 0.3 is 0 Å². The lowest BCUT2D eigenvalue weighted by Gasteiger charge is -2.14. The molecule has 0 radical (unpaired) electrons. The van der Waals surface area contributed by atoms with Gasteiger partial charge < -0.3 is 4.90 Å². The van der Waals surface area contributed by atoms with Crippen molar-refractivity contribution in [1.29, 1.82) is 0 Å². The smallest absolute Gasteiger partial charge is 0.253 e. The molecule has 0 aromatic heterocycles. The van der Waals surface area contributed by atoms with Gasteiger partial charge in [-0.3, -0.25) is 4.79 Å². The molecule has 0 saturated heterocycles. The van der Waals surface area contributed by atoms with Crippen LogP contribution in [0.25, 0.3) is 0 Å². The van der Waals surface area contributed by atoms with Crippen LogP contribution in [0.4, 0.5) is 0 Å². The fourth-order valence-electron chi connectivity index (χ4n) is 2.23. The lowest BCUT2D eigenvalue weighted by atomic mass is 10.1. The van der Waals surface area contributed by atoms with Crippen molar-refractivity contribution in [2.45, 2.75) is 29.8 Å². The maximum atomic E-state index is 12.5. The van der Waals surface area contributed by atoms with Crippen LogP contribution in [0.15, 0.2) is 33.3 Å². The molecule has 0 saturated carbocycles. The number of nitrogens with zero attached hydrogens (tertiary/aromatic N) is 3. The summed E-state index contributed by atoms with van der Waals surface area (Å²) in [6.07, 6.45) is 6.77. The highest BCUT2D eigenvalue weighted by molar-refractivity contribution is 7.89. The Morgan fingerprint density at radius 3 is 2.60 bits per heavy atom. The molecule has 2 rings (SSSR count). The Bertz CT molecular complexity index is 837. The fourth-order valence-corrected chi connectivity index (χ4v) is 3.79. The molecule has 1 amide bonds. The van der Waals surface area contributed by atoms with E-state index in [2.05, 4.69) is 20.9 Å². The first-order chi connectivity index (χ1) is 11.7.